The summed E-state index contributed by atoms with van der Waals surface area (Å²) in [5.74, 6) is 2.27. The lowest BCUT2D eigenvalue weighted by Crippen LogP contribution is -2.30. The van der Waals surface area contributed by atoms with Crippen molar-refractivity contribution < 1.29 is 18.6 Å². The standard InChI is InChI=1S/C28H29N3O4/c1-32-21-13-11-19(12-14-21)24-25-27(34-23-10-5-9-22(17-23)33-16-6-15-29)30-18-31-28(25)35-26(24)20-7-3-2-4-8-20/h2-4,7-8,11,13,18,22-23H,5-6,9-10,12,14,16-17H2,1H3/t22-,23+/m1/s1. The molecule has 2 atom stereocenters. The third-order valence-electron chi connectivity index (χ3n) is 6.61. The van der Waals surface area contributed by atoms with Gasteiger partial charge in [0.25, 0.3) is 0 Å². The average molecular weight is 472 g/mol. The molecular weight excluding hydrogens is 442 g/mol. The summed E-state index contributed by atoms with van der Waals surface area (Å²) < 4.78 is 24.2. The van der Waals surface area contributed by atoms with E-state index < -0.39 is 0 Å². The Balaban J connectivity index is 1.52. The maximum atomic E-state index is 8.80. The first kappa shape index (κ1) is 23.1. The minimum atomic E-state index is -0.0165. The van der Waals surface area contributed by atoms with Crippen LogP contribution in [0.2, 0.25) is 0 Å². The van der Waals surface area contributed by atoms with Crippen LogP contribution in [0.5, 0.6) is 5.88 Å². The third-order valence-corrected chi connectivity index (χ3v) is 6.61. The molecule has 0 unspecified atom stereocenters. The first-order valence-corrected chi connectivity index (χ1v) is 12.2. The summed E-state index contributed by atoms with van der Waals surface area (Å²) in [6.07, 6.45) is 11.4. The highest BCUT2D eigenvalue weighted by molar-refractivity contribution is 5.99. The van der Waals surface area contributed by atoms with Crippen molar-refractivity contribution in [3.05, 3.63) is 60.1 Å². The SMILES string of the molecule is COC1=CC=C(c2c(-c3ccccc3)oc3ncnc(O[C@H]4CCC[C@@H](OCCC#N)C4)c23)CC1. The fraction of sp³-hybridized carbons (Fsp3) is 0.393. The van der Waals surface area contributed by atoms with Gasteiger partial charge in [0.2, 0.25) is 11.6 Å². The number of ether oxygens (including phenoxy) is 3. The van der Waals surface area contributed by atoms with Crippen molar-refractivity contribution in [1.29, 1.82) is 5.26 Å². The molecule has 2 aliphatic rings. The van der Waals surface area contributed by atoms with E-state index in [-0.39, 0.29) is 12.2 Å². The number of allylic oxidation sites excluding steroid dienone is 4. The van der Waals surface area contributed by atoms with Gasteiger partial charge in [-0.2, -0.15) is 5.26 Å². The molecule has 7 heteroatoms. The molecule has 0 aliphatic heterocycles. The highest BCUT2D eigenvalue weighted by Gasteiger charge is 2.29. The number of nitrogens with zero attached hydrogens (tertiary/aromatic N) is 3. The molecule has 3 aromatic rings. The highest BCUT2D eigenvalue weighted by atomic mass is 16.5. The van der Waals surface area contributed by atoms with E-state index in [1.54, 1.807) is 7.11 Å². The zero-order valence-electron chi connectivity index (χ0n) is 19.9. The van der Waals surface area contributed by atoms with Crippen LogP contribution >= 0.6 is 0 Å². The van der Waals surface area contributed by atoms with Gasteiger partial charge in [0.15, 0.2) is 0 Å². The van der Waals surface area contributed by atoms with Gasteiger partial charge in [0.05, 0.1) is 38.1 Å². The van der Waals surface area contributed by atoms with Gasteiger partial charge >= 0.3 is 0 Å². The summed E-state index contributed by atoms with van der Waals surface area (Å²) in [7, 11) is 1.70. The summed E-state index contributed by atoms with van der Waals surface area (Å²) in [6, 6.07) is 12.2. The average Bonchev–Trinajstić information content (AvgIpc) is 3.30. The molecule has 2 heterocycles. The first-order valence-electron chi connectivity index (χ1n) is 12.2. The van der Waals surface area contributed by atoms with E-state index >= 15 is 0 Å². The predicted molar refractivity (Wildman–Crippen MR) is 132 cm³/mol. The maximum Gasteiger partial charge on any atom is 0.234 e. The number of fused-ring (bicyclic) bond motifs is 1. The smallest absolute Gasteiger partial charge is 0.234 e. The van der Waals surface area contributed by atoms with Gasteiger partial charge in [-0.15, -0.1) is 0 Å². The Morgan fingerprint density at radius 3 is 2.71 bits per heavy atom. The molecule has 1 saturated carbocycles. The molecule has 0 N–H and O–H groups in total. The summed E-state index contributed by atoms with van der Waals surface area (Å²) >= 11 is 0. The fourth-order valence-corrected chi connectivity index (χ4v) is 4.88. The van der Waals surface area contributed by atoms with Crippen molar-refractivity contribution in [1.82, 2.24) is 9.97 Å². The van der Waals surface area contributed by atoms with Crippen molar-refractivity contribution in [2.45, 2.75) is 57.2 Å². The van der Waals surface area contributed by atoms with E-state index in [2.05, 4.69) is 22.1 Å². The highest BCUT2D eigenvalue weighted by Crippen LogP contribution is 2.43. The van der Waals surface area contributed by atoms with Crippen molar-refractivity contribution in [3.63, 3.8) is 0 Å². The van der Waals surface area contributed by atoms with Crippen LogP contribution in [-0.4, -0.2) is 35.9 Å². The van der Waals surface area contributed by atoms with Crippen LogP contribution in [0.3, 0.4) is 0 Å². The van der Waals surface area contributed by atoms with Crippen molar-refractivity contribution >= 4 is 16.7 Å². The Kier molecular flexibility index (Phi) is 7.10. The van der Waals surface area contributed by atoms with Gasteiger partial charge in [0.1, 0.15) is 23.6 Å². The van der Waals surface area contributed by atoms with E-state index in [1.165, 1.54) is 6.33 Å². The van der Waals surface area contributed by atoms with Crippen LogP contribution in [0.1, 0.15) is 50.5 Å². The maximum absolute atomic E-state index is 8.80. The minimum absolute atomic E-state index is 0.0165. The topological polar surface area (TPSA) is 90.4 Å². The number of methoxy groups -OCH3 is 1. The van der Waals surface area contributed by atoms with Crippen LogP contribution in [0, 0.1) is 11.3 Å². The van der Waals surface area contributed by atoms with Gasteiger partial charge in [-0.1, -0.05) is 36.4 Å². The molecule has 2 aromatic heterocycles. The molecule has 0 radical (unpaired) electrons. The molecule has 0 bridgehead atoms. The number of benzene rings is 1. The lowest BCUT2D eigenvalue weighted by atomic mass is 9.92. The van der Waals surface area contributed by atoms with Gasteiger partial charge in [-0.25, -0.2) is 9.97 Å². The predicted octanol–water partition coefficient (Wildman–Crippen LogP) is 6.22. The Hall–Kier alpha value is -3.63. The van der Waals surface area contributed by atoms with Gasteiger partial charge in [0, 0.05) is 24.0 Å². The second kappa shape index (κ2) is 10.7. The van der Waals surface area contributed by atoms with E-state index in [0.717, 1.165) is 72.1 Å². The lowest BCUT2D eigenvalue weighted by molar-refractivity contribution is -0.00567. The molecular formula is C28H29N3O4. The normalized spacial score (nSPS) is 20.1. The molecule has 5 rings (SSSR count). The molecule has 180 valence electrons. The fourth-order valence-electron chi connectivity index (χ4n) is 4.88. The summed E-state index contributed by atoms with van der Waals surface area (Å²) in [4.78, 5) is 9.00. The number of hydrogen-bond donors (Lipinski definition) is 0. The van der Waals surface area contributed by atoms with E-state index in [1.807, 2.05) is 36.4 Å². The van der Waals surface area contributed by atoms with Crippen LogP contribution in [0.25, 0.3) is 28.0 Å². The van der Waals surface area contributed by atoms with Crippen molar-refractivity contribution in [2.24, 2.45) is 0 Å². The molecule has 0 amide bonds. The van der Waals surface area contributed by atoms with Crippen LogP contribution in [0.4, 0.5) is 0 Å². The quantitative estimate of drug-likeness (QED) is 0.360. The van der Waals surface area contributed by atoms with Crippen LogP contribution in [-0.2, 0) is 9.47 Å². The Labute approximate surface area is 205 Å². The molecule has 1 fully saturated rings. The summed E-state index contributed by atoms with van der Waals surface area (Å²) in [6.45, 7) is 0.461. The van der Waals surface area contributed by atoms with Gasteiger partial charge < -0.3 is 18.6 Å². The minimum Gasteiger partial charge on any atom is -0.501 e. The number of hydrogen-bond acceptors (Lipinski definition) is 7. The first-order chi connectivity index (χ1) is 17.3. The molecule has 7 nitrogen and oxygen atoms in total. The molecule has 2 aliphatic carbocycles. The monoisotopic (exact) mass is 471 g/mol. The largest absolute Gasteiger partial charge is 0.501 e. The molecule has 1 aromatic carbocycles. The zero-order chi connectivity index (χ0) is 24.0. The second-order valence-corrected chi connectivity index (χ2v) is 8.87. The van der Waals surface area contributed by atoms with E-state index in [9.17, 15) is 0 Å². The zero-order valence-corrected chi connectivity index (χ0v) is 19.9. The number of rotatable bonds is 8. The second-order valence-electron chi connectivity index (χ2n) is 8.87. The van der Waals surface area contributed by atoms with E-state index in [0.29, 0.717) is 24.6 Å². The number of furan rings is 1. The summed E-state index contributed by atoms with van der Waals surface area (Å²) in [5.41, 5.74) is 3.62. The van der Waals surface area contributed by atoms with Crippen LogP contribution < -0.4 is 4.74 Å². The van der Waals surface area contributed by atoms with Crippen LogP contribution in [0.15, 0.2) is 59.0 Å². The van der Waals surface area contributed by atoms with Gasteiger partial charge in [-0.3, -0.25) is 0 Å². The Bertz CT molecular complexity index is 1270. The van der Waals surface area contributed by atoms with E-state index in [4.69, 9.17) is 23.9 Å². The molecule has 35 heavy (non-hydrogen) atoms. The Morgan fingerprint density at radius 1 is 1.09 bits per heavy atom. The Morgan fingerprint density at radius 2 is 1.94 bits per heavy atom. The summed E-state index contributed by atoms with van der Waals surface area (Å²) in [5, 5.41) is 9.60. The third kappa shape index (κ3) is 5.08. The van der Waals surface area contributed by atoms with Gasteiger partial charge in [-0.05, 0) is 37.3 Å². The number of nitriles is 1. The lowest BCUT2D eigenvalue weighted by Gasteiger charge is -2.29. The van der Waals surface area contributed by atoms with Crippen molar-refractivity contribution in [2.75, 3.05) is 13.7 Å². The number of aromatic nitrogens is 2. The molecule has 0 spiro atoms. The van der Waals surface area contributed by atoms with Crippen molar-refractivity contribution in [3.8, 4) is 23.3 Å². The molecule has 0 saturated heterocycles.